The lowest BCUT2D eigenvalue weighted by Crippen LogP contribution is -2.49. The molecule has 1 fully saturated rings. The molecule has 1 aliphatic rings. The molecule has 1 aliphatic heterocycles. The summed E-state index contributed by atoms with van der Waals surface area (Å²) in [5.41, 5.74) is -0.172. The Hall–Kier alpha value is -2.41. The lowest BCUT2D eigenvalue weighted by molar-refractivity contribution is -0.152. The van der Waals surface area contributed by atoms with Crippen LogP contribution in [0.3, 0.4) is 0 Å². The van der Waals surface area contributed by atoms with Gasteiger partial charge in [0.15, 0.2) is 0 Å². The summed E-state index contributed by atoms with van der Waals surface area (Å²) < 4.78 is 11.0. The quantitative estimate of drug-likeness (QED) is 0.496. The normalized spacial score (nSPS) is 17.3. The molecule has 31 heavy (non-hydrogen) atoms. The number of fused-ring (bicyclic) bond motifs is 1. The summed E-state index contributed by atoms with van der Waals surface area (Å²) in [4.78, 5) is 36.1. The Labute approximate surface area is 188 Å². The maximum atomic E-state index is 13.2. The van der Waals surface area contributed by atoms with Crippen LogP contribution >= 0.6 is 11.6 Å². The fourth-order valence-electron chi connectivity index (χ4n) is 4.01. The van der Waals surface area contributed by atoms with Gasteiger partial charge in [0, 0.05) is 30.7 Å². The SMILES string of the molecule is CCOC(=O)C(C)(c1ccc2cnc(Cl)cc2n1)C1CCN(C(=O)OC(C)(C)C)CC1. The van der Waals surface area contributed by atoms with E-state index in [1.54, 1.807) is 24.1 Å². The van der Waals surface area contributed by atoms with Crippen molar-refractivity contribution < 1.29 is 19.1 Å². The van der Waals surface area contributed by atoms with Crippen molar-refractivity contribution in [2.45, 2.75) is 58.5 Å². The minimum atomic E-state index is -0.944. The Balaban J connectivity index is 1.88. The largest absolute Gasteiger partial charge is 0.465 e. The van der Waals surface area contributed by atoms with Crippen LogP contribution in [-0.2, 0) is 19.7 Å². The van der Waals surface area contributed by atoms with Crippen molar-refractivity contribution in [1.29, 1.82) is 0 Å². The highest BCUT2D eigenvalue weighted by molar-refractivity contribution is 6.29. The van der Waals surface area contributed by atoms with E-state index in [1.165, 1.54) is 0 Å². The molecule has 0 aromatic carbocycles. The first-order valence-corrected chi connectivity index (χ1v) is 11.0. The second kappa shape index (κ2) is 8.99. The number of aromatic nitrogens is 2. The maximum absolute atomic E-state index is 13.2. The second-order valence-corrected chi connectivity index (χ2v) is 9.45. The molecule has 168 valence electrons. The van der Waals surface area contributed by atoms with E-state index in [1.807, 2.05) is 39.8 Å². The van der Waals surface area contributed by atoms with Crippen LogP contribution in [0, 0.1) is 5.92 Å². The zero-order valence-corrected chi connectivity index (χ0v) is 19.5. The number of hydrogen-bond donors (Lipinski definition) is 0. The third-order valence-corrected chi connectivity index (χ3v) is 5.94. The molecule has 0 N–H and O–H groups in total. The molecular weight excluding hydrogens is 418 g/mol. The van der Waals surface area contributed by atoms with Gasteiger partial charge in [-0.1, -0.05) is 11.6 Å². The van der Waals surface area contributed by atoms with Crippen LogP contribution in [0.4, 0.5) is 4.79 Å². The molecule has 1 saturated heterocycles. The number of amides is 1. The van der Waals surface area contributed by atoms with Gasteiger partial charge in [0.1, 0.15) is 16.2 Å². The predicted octanol–water partition coefficient (Wildman–Crippen LogP) is 4.75. The molecular formula is C23H30ClN3O4. The molecule has 3 heterocycles. The van der Waals surface area contributed by atoms with Crippen molar-refractivity contribution in [2.24, 2.45) is 5.92 Å². The molecule has 1 amide bonds. The Kier molecular flexibility index (Phi) is 6.74. The van der Waals surface area contributed by atoms with Gasteiger partial charge in [-0.05, 0) is 65.5 Å². The van der Waals surface area contributed by atoms with Crippen molar-refractivity contribution in [2.75, 3.05) is 19.7 Å². The Morgan fingerprint density at radius 3 is 2.48 bits per heavy atom. The number of nitrogens with zero attached hydrogens (tertiary/aromatic N) is 3. The van der Waals surface area contributed by atoms with Crippen molar-refractivity contribution in [1.82, 2.24) is 14.9 Å². The molecule has 8 heteroatoms. The molecule has 1 unspecified atom stereocenters. The number of ether oxygens (including phenoxy) is 2. The average Bonchev–Trinajstić information content (AvgIpc) is 2.71. The van der Waals surface area contributed by atoms with E-state index in [-0.39, 0.29) is 24.6 Å². The summed E-state index contributed by atoms with van der Waals surface area (Å²) in [6.07, 6.45) is 2.63. The molecule has 1 atom stereocenters. The highest BCUT2D eigenvalue weighted by atomic mass is 35.5. The second-order valence-electron chi connectivity index (χ2n) is 9.06. The Bertz CT molecular complexity index is 967. The molecule has 0 saturated carbocycles. The number of rotatable bonds is 4. The van der Waals surface area contributed by atoms with Crippen LogP contribution in [0.2, 0.25) is 5.15 Å². The van der Waals surface area contributed by atoms with Crippen molar-refractivity contribution in [3.05, 3.63) is 35.2 Å². The van der Waals surface area contributed by atoms with Crippen molar-refractivity contribution >= 4 is 34.6 Å². The minimum absolute atomic E-state index is 0.0347. The number of hydrogen-bond acceptors (Lipinski definition) is 6. The van der Waals surface area contributed by atoms with Crippen LogP contribution < -0.4 is 0 Å². The van der Waals surface area contributed by atoms with Gasteiger partial charge in [-0.3, -0.25) is 9.78 Å². The average molecular weight is 448 g/mol. The van der Waals surface area contributed by atoms with Crippen molar-refractivity contribution in [3.8, 4) is 0 Å². The highest BCUT2D eigenvalue weighted by Gasteiger charge is 2.47. The number of carbonyl (C=O) groups excluding carboxylic acids is 2. The monoisotopic (exact) mass is 447 g/mol. The van der Waals surface area contributed by atoms with E-state index in [0.717, 1.165) is 5.39 Å². The van der Waals surface area contributed by atoms with Gasteiger partial charge in [0.25, 0.3) is 0 Å². The molecule has 0 spiro atoms. The van der Waals surface area contributed by atoms with E-state index in [4.69, 9.17) is 26.1 Å². The van der Waals surface area contributed by atoms with Gasteiger partial charge in [0.05, 0.1) is 17.8 Å². The first-order valence-electron chi connectivity index (χ1n) is 10.6. The zero-order valence-electron chi connectivity index (χ0n) is 18.8. The first-order chi connectivity index (χ1) is 14.5. The summed E-state index contributed by atoms with van der Waals surface area (Å²) in [5.74, 6) is -0.342. The van der Waals surface area contributed by atoms with E-state index < -0.39 is 11.0 Å². The summed E-state index contributed by atoms with van der Waals surface area (Å²) >= 11 is 6.05. The van der Waals surface area contributed by atoms with E-state index in [9.17, 15) is 9.59 Å². The Morgan fingerprint density at radius 1 is 1.19 bits per heavy atom. The van der Waals surface area contributed by atoms with Gasteiger partial charge in [-0.25, -0.2) is 9.78 Å². The van der Waals surface area contributed by atoms with Crippen LogP contribution in [-0.4, -0.2) is 52.2 Å². The van der Waals surface area contributed by atoms with Crippen molar-refractivity contribution in [3.63, 3.8) is 0 Å². The number of likely N-dealkylation sites (tertiary alicyclic amines) is 1. The number of piperidine rings is 1. The summed E-state index contributed by atoms with van der Waals surface area (Å²) in [5, 5.41) is 1.19. The third kappa shape index (κ3) is 5.09. The molecule has 0 radical (unpaired) electrons. The van der Waals surface area contributed by atoms with Crippen LogP contribution in [0.15, 0.2) is 24.4 Å². The van der Waals surface area contributed by atoms with E-state index in [0.29, 0.717) is 42.3 Å². The molecule has 2 aromatic heterocycles. The zero-order chi connectivity index (χ0) is 22.8. The van der Waals surface area contributed by atoms with E-state index >= 15 is 0 Å². The Morgan fingerprint density at radius 2 is 1.87 bits per heavy atom. The lowest BCUT2D eigenvalue weighted by Gasteiger charge is -2.40. The van der Waals surface area contributed by atoms with Crippen LogP contribution in [0.1, 0.15) is 53.2 Å². The number of carbonyl (C=O) groups is 2. The molecule has 7 nitrogen and oxygen atoms in total. The van der Waals surface area contributed by atoms with Gasteiger partial charge in [-0.15, -0.1) is 0 Å². The lowest BCUT2D eigenvalue weighted by atomic mass is 9.69. The molecule has 0 aliphatic carbocycles. The standard InChI is InChI=1S/C23H30ClN3O4/c1-6-30-20(28)23(5,18-8-7-15-14-25-19(24)13-17(15)26-18)16-9-11-27(12-10-16)21(29)31-22(2,3)4/h7-8,13-14,16H,6,9-12H2,1-5H3. The number of esters is 1. The topological polar surface area (TPSA) is 81.6 Å². The predicted molar refractivity (Wildman–Crippen MR) is 119 cm³/mol. The van der Waals surface area contributed by atoms with E-state index in [2.05, 4.69) is 4.98 Å². The fraction of sp³-hybridized carbons (Fsp3) is 0.565. The molecule has 3 rings (SSSR count). The number of halogens is 1. The van der Waals surface area contributed by atoms with Crippen LogP contribution in [0.25, 0.3) is 10.9 Å². The van der Waals surface area contributed by atoms with Gasteiger partial charge in [0.2, 0.25) is 0 Å². The summed E-state index contributed by atoms with van der Waals surface area (Å²) in [6.45, 7) is 10.5. The van der Waals surface area contributed by atoms with Gasteiger partial charge >= 0.3 is 12.1 Å². The molecule has 2 aromatic rings. The third-order valence-electron chi connectivity index (χ3n) is 5.73. The van der Waals surface area contributed by atoms with Gasteiger partial charge < -0.3 is 14.4 Å². The smallest absolute Gasteiger partial charge is 0.410 e. The maximum Gasteiger partial charge on any atom is 0.410 e. The first kappa shape index (κ1) is 23.3. The van der Waals surface area contributed by atoms with Gasteiger partial charge in [-0.2, -0.15) is 0 Å². The fourth-order valence-corrected chi connectivity index (χ4v) is 4.16. The summed E-state index contributed by atoms with van der Waals surface area (Å²) in [7, 11) is 0. The van der Waals surface area contributed by atoms with Crippen LogP contribution in [0.5, 0.6) is 0 Å². The summed E-state index contributed by atoms with van der Waals surface area (Å²) in [6, 6.07) is 5.44. The minimum Gasteiger partial charge on any atom is -0.465 e. The highest BCUT2D eigenvalue weighted by Crippen LogP contribution is 2.40. The number of pyridine rings is 2. The molecule has 0 bridgehead atoms.